The normalized spacial score (nSPS) is 10.5. The Labute approximate surface area is 135 Å². The molecule has 0 saturated heterocycles. The molecule has 0 unspecified atom stereocenters. The fourth-order valence-corrected chi connectivity index (χ4v) is 1.90. The van der Waals surface area contributed by atoms with Gasteiger partial charge in [-0.1, -0.05) is 18.2 Å². The van der Waals surface area contributed by atoms with E-state index < -0.39 is 5.91 Å². The molecule has 0 spiro atoms. The zero-order valence-corrected chi connectivity index (χ0v) is 13.1. The number of benzene rings is 2. The molecule has 0 aliphatic carbocycles. The SMILES string of the molecule is COc1cc(/C=N/N(C)c2ccccc2)ccc1OCC(N)=O. The van der Waals surface area contributed by atoms with Crippen molar-refractivity contribution in [1.82, 2.24) is 0 Å². The lowest BCUT2D eigenvalue weighted by atomic mass is 10.2. The van der Waals surface area contributed by atoms with Crippen LogP contribution in [0, 0.1) is 0 Å². The van der Waals surface area contributed by atoms with Crippen LogP contribution in [0.25, 0.3) is 0 Å². The molecule has 0 aliphatic heterocycles. The second kappa shape index (κ2) is 7.84. The summed E-state index contributed by atoms with van der Waals surface area (Å²) in [5.74, 6) is 0.430. The number of methoxy groups -OCH3 is 1. The van der Waals surface area contributed by atoms with E-state index in [1.165, 1.54) is 7.11 Å². The molecule has 1 amide bonds. The first-order valence-corrected chi connectivity index (χ1v) is 7.02. The Morgan fingerprint density at radius 2 is 1.96 bits per heavy atom. The van der Waals surface area contributed by atoms with E-state index in [-0.39, 0.29) is 6.61 Å². The van der Waals surface area contributed by atoms with Crippen LogP contribution in [0.1, 0.15) is 5.56 Å². The molecule has 0 bridgehead atoms. The van der Waals surface area contributed by atoms with Crippen molar-refractivity contribution in [2.45, 2.75) is 0 Å². The largest absolute Gasteiger partial charge is 0.493 e. The minimum atomic E-state index is -0.540. The predicted molar refractivity (Wildman–Crippen MR) is 90.1 cm³/mol. The van der Waals surface area contributed by atoms with Crippen molar-refractivity contribution >= 4 is 17.8 Å². The van der Waals surface area contributed by atoms with Crippen molar-refractivity contribution in [3.8, 4) is 11.5 Å². The van der Waals surface area contributed by atoms with Crippen LogP contribution >= 0.6 is 0 Å². The number of para-hydroxylation sites is 1. The van der Waals surface area contributed by atoms with Gasteiger partial charge in [0, 0.05) is 7.05 Å². The molecule has 6 heteroatoms. The van der Waals surface area contributed by atoms with Crippen molar-refractivity contribution < 1.29 is 14.3 Å². The van der Waals surface area contributed by atoms with Crippen LogP contribution in [0.2, 0.25) is 0 Å². The van der Waals surface area contributed by atoms with Gasteiger partial charge in [0.15, 0.2) is 18.1 Å². The van der Waals surface area contributed by atoms with Crippen LogP contribution in [0.4, 0.5) is 5.69 Å². The molecule has 120 valence electrons. The molecule has 2 rings (SSSR count). The van der Waals surface area contributed by atoms with Crippen molar-refractivity contribution in [3.63, 3.8) is 0 Å². The van der Waals surface area contributed by atoms with Gasteiger partial charge in [0.1, 0.15) is 0 Å². The molecule has 0 saturated carbocycles. The Balaban J connectivity index is 2.11. The third-order valence-electron chi connectivity index (χ3n) is 3.07. The maximum Gasteiger partial charge on any atom is 0.255 e. The highest BCUT2D eigenvalue weighted by atomic mass is 16.5. The number of rotatable bonds is 7. The zero-order chi connectivity index (χ0) is 16.7. The van der Waals surface area contributed by atoms with Crippen molar-refractivity contribution in [1.29, 1.82) is 0 Å². The third-order valence-corrected chi connectivity index (χ3v) is 3.07. The van der Waals surface area contributed by atoms with Gasteiger partial charge in [-0.05, 0) is 35.9 Å². The Kier molecular flexibility index (Phi) is 5.57. The highest BCUT2D eigenvalue weighted by Gasteiger charge is 2.06. The van der Waals surface area contributed by atoms with Crippen LogP contribution in [0.15, 0.2) is 53.6 Å². The number of hydrogen-bond donors (Lipinski definition) is 1. The van der Waals surface area contributed by atoms with Gasteiger partial charge < -0.3 is 15.2 Å². The van der Waals surface area contributed by atoms with Crippen LogP contribution < -0.4 is 20.2 Å². The number of anilines is 1. The lowest BCUT2D eigenvalue weighted by Crippen LogP contribution is -2.20. The molecule has 2 aromatic rings. The van der Waals surface area contributed by atoms with E-state index in [1.807, 2.05) is 43.4 Å². The molecular formula is C17H19N3O3. The lowest BCUT2D eigenvalue weighted by Gasteiger charge is -2.13. The molecule has 0 aromatic heterocycles. The summed E-state index contributed by atoms with van der Waals surface area (Å²) in [4.78, 5) is 10.8. The van der Waals surface area contributed by atoms with Crippen LogP contribution in [0.3, 0.4) is 0 Å². The number of hydrazone groups is 1. The van der Waals surface area contributed by atoms with Gasteiger partial charge in [-0.25, -0.2) is 0 Å². The molecule has 0 aliphatic rings. The summed E-state index contributed by atoms with van der Waals surface area (Å²) >= 11 is 0. The summed E-state index contributed by atoms with van der Waals surface area (Å²) in [6, 6.07) is 15.1. The number of nitrogens with two attached hydrogens (primary N) is 1. The Morgan fingerprint density at radius 1 is 1.22 bits per heavy atom. The summed E-state index contributed by atoms with van der Waals surface area (Å²) in [6.07, 6.45) is 1.72. The number of amides is 1. The summed E-state index contributed by atoms with van der Waals surface area (Å²) < 4.78 is 10.5. The van der Waals surface area contributed by atoms with Gasteiger partial charge in [-0.2, -0.15) is 5.10 Å². The molecule has 0 radical (unpaired) electrons. The van der Waals surface area contributed by atoms with E-state index >= 15 is 0 Å². The van der Waals surface area contributed by atoms with Gasteiger partial charge in [-0.3, -0.25) is 9.80 Å². The molecule has 23 heavy (non-hydrogen) atoms. The minimum Gasteiger partial charge on any atom is -0.493 e. The quantitative estimate of drug-likeness (QED) is 0.627. The Hall–Kier alpha value is -3.02. The number of primary amides is 1. The van der Waals surface area contributed by atoms with Crippen LogP contribution in [-0.2, 0) is 4.79 Å². The fraction of sp³-hybridized carbons (Fsp3) is 0.176. The number of hydrogen-bond acceptors (Lipinski definition) is 5. The minimum absolute atomic E-state index is 0.194. The number of nitrogens with zero attached hydrogens (tertiary/aromatic N) is 2. The Bertz CT molecular complexity index is 687. The van der Waals surface area contributed by atoms with Crippen molar-refractivity contribution in [3.05, 3.63) is 54.1 Å². The molecule has 2 N–H and O–H groups in total. The number of carbonyl (C=O) groups is 1. The lowest BCUT2D eigenvalue weighted by molar-refractivity contribution is -0.119. The number of carbonyl (C=O) groups excluding carboxylic acids is 1. The molecular weight excluding hydrogens is 294 g/mol. The second-order valence-electron chi connectivity index (χ2n) is 4.77. The topological polar surface area (TPSA) is 77.2 Å². The first-order chi connectivity index (χ1) is 11.1. The fourth-order valence-electron chi connectivity index (χ4n) is 1.90. The van der Waals surface area contributed by atoms with Gasteiger partial charge >= 0.3 is 0 Å². The van der Waals surface area contributed by atoms with Gasteiger partial charge in [0.05, 0.1) is 19.0 Å². The molecule has 0 atom stereocenters. The van der Waals surface area contributed by atoms with E-state index in [9.17, 15) is 4.79 Å². The highest BCUT2D eigenvalue weighted by Crippen LogP contribution is 2.27. The molecule has 0 heterocycles. The van der Waals surface area contributed by atoms with Gasteiger partial charge in [0.25, 0.3) is 5.91 Å². The van der Waals surface area contributed by atoms with Gasteiger partial charge in [0.2, 0.25) is 0 Å². The predicted octanol–water partition coefficient (Wildman–Crippen LogP) is 2.03. The first kappa shape index (κ1) is 16.4. The Morgan fingerprint density at radius 3 is 2.61 bits per heavy atom. The third kappa shape index (κ3) is 4.74. The van der Waals surface area contributed by atoms with E-state index in [0.29, 0.717) is 11.5 Å². The van der Waals surface area contributed by atoms with E-state index in [1.54, 1.807) is 23.4 Å². The first-order valence-electron chi connectivity index (χ1n) is 7.02. The van der Waals surface area contributed by atoms with Crippen LogP contribution in [0.5, 0.6) is 11.5 Å². The zero-order valence-electron chi connectivity index (χ0n) is 13.1. The van der Waals surface area contributed by atoms with E-state index in [4.69, 9.17) is 15.2 Å². The average molecular weight is 313 g/mol. The van der Waals surface area contributed by atoms with Crippen molar-refractivity contribution in [2.24, 2.45) is 10.8 Å². The maximum atomic E-state index is 10.8. The molecule has 0 fully saturated rings. The molecule has 2 aromatic carbocycles. The summed E-state index contributed by atoms with van der Waals surface area (Å²) in [6.45, 7) is -0.194. The second-order valence-corrected chi connectivity index (χ2v) is 4.77. The highest BCUT2D eigenvalue weighted by molar-refractivity contribution is 5.82. The van der Waals surface area contributed by atoms with E-state index in [0.717, 1.165) is 11.3 Å². The summed E-state index contributed by atoms with van der Waals surface area (Å²) in [5.41, 5.74) is 6.89. The number of ether oxygens (including phenoxy) is 2. The maximum absolute atomic E-state index is 10.8. The van der Waals surface area contributed by atoms with Crippen molar-refractivity contribution in [2.75, 3.05) is 25.8 Å². The smallest absolute Gasteiger partial charge is 0.255 e. The van der Waals surface area contributed by atoms with Crippen LogP contribution in [-0.4, -0.2) is 32.9 Å². The molecule has 6 nitrogen and oxygen atoms in total. The summed E-state index contributed by atoms with van der Waals surface area (Å²) in [5, 5.41) is 6.15. The van der Waals surface area contributed by atoms with Gasteiger partial charge in [-0.15, -0.1) is 0 Å². The monoisotopic (exact) mass is 313 g/mol. The van der Waals surface area contributed by atoms with E-state index in [2.05, 4.69) is 5.10 Å². The standard InChI is InChI=1S/C17H19N3O3/c1-20(14-6-4-3-5-7-14)19-11-13-8-9-15(16(10-13)22-2)23-12-17(18)21/h3-11H,12H2,1-2H3,(H2,18,21)/b19-11+. The average Bonchev–Trinajstić information content (AvgIpc) is 2.58. The summed E-state index contributed by atoms with van der Waals surface area (Å²) in [7, 11) is 3.40.